The molecule has 0 atom stereocenters. The van der Waals surface area contributed by atoms with Gasteiger partial charge in [0.25, 0.3) is 0 Å². The Morgan fingerprint density at radius 3 is 2.56 bits per heavy atom. The maximum atomic E-state index is 4.25. The highest BCUT2D eigenvalue weighted by Crippen LogP contribution is 2.30. The summed E-state index contributed by atoms with van der Waals surface area (Å²) in [5.74, 6) is 1.41. The Morgan fingerprint density at radius 2 is 1.94 bits per heavy atom. The molecule has 1 aromatic heterocycles. The van der Waals surface area contributed by atoms with E-state index in [2.05, 4.69) is 54.6 Å². The lowest BCUT2D eigenvalue weighted by atomic mass is 10.0. The molecule has 1 saturated carbocycles. The molecule has 3 nitrogen and oxygen atoms in total. The van der Waals surface area contributed by atoms with Gasteiger partial charge in [0.15, 0.2) is 0 Å². The molecule has 18 heavy (non-hydrogen) atoms. The lowest BCUT2D eigenvalue weighted by molar-refractivity contribution is 0.544. The summed E-state index contributed by atoms with van der Waals surface area (Å²) in [6.45, 7) is 5.44. The summed E-state index contributed by atoms with van der Waals surface area (Å²) in [5, 5.41) is 8.45. The van der Waals surface area contributed by atoms with Gasteiger partial charge in [0.2, 0.25) is 0 Å². The molecular weight excluding hydrogens is 222 g/mol. The van der Waals surface area contributed by atoms with E-state index in [-0.39, 0.29) is 0 Å². The van der Waals surface area contributed by atoms with E-state index in [1.807, 2.05) is 4.68 Å². The Bertz CT molecular complexity index is 521. The topological polar surface area (TPSA) is 30.7 Å². The van der Waals surface area contributed by atoms with Crippen molar-refractivity contribution in [2.24, 2.45) is 5.92 Å². The largest absolute Gasteiger partial charge is 0.252 e. The zero-order chi connectivity index (χ0) is 12.5. The van der Waals surface area contributed by atoms with Crippen LogP contribution in [0.15, 0.2) is 30.5 Å². The number of aromatic nitrogens is 3. The fourth-order valence-corrected chi connectivity index (χ4v) is 2.12. The molecule has 1 heterocycles. The van der Waals surface area contributed by atoms with Crippen LogP contribution in [-0.4, -0.2) is 15.0 Å². The van der Waals surface area contributed by atoms with Gasteiger partial charge in [0.1, 0.15) is 5.69 Å². The van der Waals surface area contributed by atoms with Crippen molar-refractivity contribution in [3.8, 4) is 11.3 Å². The Labute approximate surface area is 108 Å². The van der Waals surface area contributed by atoms with E-state index in [9.17, 15) is 0 Å². The molecular formula is C15H19N3. The number of nitrogens with zero attached hydrogens (tertiary/aromatic N) is 3. The van der Waals surface area contributed by atoms with Crippen LogP contribution in [0.1, 0.15) is 38.2 Å². The van der Waals surface area contributed by atoms with Gasteiger partial charge in [-0.3, -0.25) is 4.68 Å². The predicted molar refractivity (Wildman–Crippen MR) is 72.3 cm³/mol. The van der Waals surface area contributed by atoms with Gasteiger partial charge in [-0.15, -0.1) is 5.10 Å². The van der Waals surface area contributed by atoms with Crippen LogP contribution in [-0.2, 0) is 6.54 Å². The van der Waals surface area contributed by atoms with Crippen molar-refractivity contribution in [2.75, 3.05) is 0 Å². The number of rotatable bonds is 4. The van der Waals surface area contributed by atoms with Gasteiger partial charge < -0.3 is 0 Å². The molecule has 1 fully saturated rings. The summed E-state index contributed by atoms with van der Waals surface area (Å²) in [4.78, 5) is 0. The summed E-state index contributed by atoms with van der Waals surface area (Å²) < 4.78 is 1.98. The average molecular weight is 241 g/mol. The fraction of sp³-hybridized carbons (Fsp3) is 0.467. The quantitative estimate of drug-likeness (QED) is 0.820. The molecule has 94 valence electrons. The van der Waals surface area contributed by atoms with Gasteiger partial charge in [0, 0.05) is 12.1 Å². The van der Waals surface area contributed by atoms with Gasteiger partial charge in [-0.1, -0.05) is 43.3 Å². The van der Waals surface area contributed by atoms with Gasteiger partial charge >= 0.3 is 0 Å². The molecule has 0 unspecified atom stereocenters. The van der Waals surface area contributed by atoms with Crippen molar-refractivity contribution < 1.29 is 0 Å². The molecule has 0 N–H and O–H groups in total. The van der Waals surface area contributed by atoms with E-state index in [0.717, 1.165) is 23.7 Å². The van der Waals surface area contributed by atoms with E-state index in [1.165, 1.54) is 18.4 Å². The molecule has 0 bridgehead atoms. The lowest BCUT2D eigenvalue weighted by Gasteiger charge is -2.05. The highest BCUT2D eigenvalue weighted by molar-refractivity contribution is 5.58. The normalized spacial score (nSPS) is 15.3. The number of benzene rings is 1. The molecule has 1 aliphatic rings. The Hall–Kier alpha value is -1.64. The molecule has 0 amide bonds. The number of hydrogen-bond acceptors (Lipinski definition) is 2. The third-order valence-electron chi connectivity index (χ3n) is 3.55. The minimum atomic E-state index is 0.574. The minimum absolute atomic E-state index is 0.574. The highest BCUT2D eigenvalue weighted by atomic mass is 15.4. The van der Waals surface area contributed by atoms with Gasteiger partial charge in [-0.25, -0.2) is 0 Å². The second-order valence-corrected chi connectivity index (χ2v) is 5.55. The van der Waals surface area contributed by atoms with Crippen molar-refractivity contribution in [1.29, 1.82) is 0 Å². The van der Waals surface area contributed by atoms with E-state index in [4.69, 9.17) is 0 Å². The van der Waals surface area contributed by atoms with Crippen LogP contribution >= 0.6 is 0 Å². The first-order valence-corrected chi connectivity index (χ1v) is 6.73. The fourth-order valence-electron chi connectivity index (χ4n) is 2.12. The second kappa shape index (κ2) is 4.56. The summed E-state index contributed by atoms with van der Waals surface area (Å²) in [6, 6.07) is 8.64. The highest BCUT2D eigenvalue weighted by Gasteiger charge is 2.22. The summed E-state index contributed by atoms with van der Waals surface area (Å²) in [7, 11) is 0. The van der Waals surface area contributed by atoms with Crippen LogP contribution in [0.2, 0.25) is 0 Å². The van der Waals surface area contributed by atoms with Crippen molar-refractivity contribution in [3.63, 3.8) is 0 Å². The third-order valence-corrected chi connectivity index (χ3v) is 3.55. The molecule has 3 heteroatoms. The molecule has 0 saturated heterocycles. The van der Waals surface area contributed by atoms with Gasteiger partial charge in [-0.05, 0) is 30.2 Å². The van der Waals surface area contributed by atoms with E-state index < -0.39 is 0 Å². The van der Waals surface area contributed by atoms with Crippen LogP contribution in [0.25, 0.3) is 11.3 Å². The maximum Gasteiger partial charge on any atom is 0.113 e. The zero-order valence-electron chi connectivity index (χ0n) is 11.0. The van der Waals surface area contributed by atoms with Gasteiger partial charge in [0.05, 0.1) is 6.20 Å². The average Bonchev–Trinajstić information content (AvgIpc) is 3.05. The standard InChI is InChI=1S/C15H19N3/c1-11(2)13-5-7-14(8-6-13)15-10-18(17-16-15)9-12-3-4-12/h5-8,10-12H,3-4,9H2,1-2H3. The minimum Gasteiger partial charge on any atom is -0.252 e. The smallest absolute Gasteiger partial charge is 0.113 e. The molecule has 2 aromatic rings. The van der Waals surface area contributed by atoms with Crippen LogP contribution in [0.4, 0.5) is 0 Å². The van der Waals surface area contributed by atoms with Crippen LogP contribution in [0.3, 0.4) is 0 Å². The maximum absolute atomic E-state index is 4.25. The van der Waals surface area contributed by atoms with E-state index in [1.54, 1.807) is 0 Å². The predicted octanol–water partition coefficient (Wildman–Crippen LogP) is 3.48. The Morgan fingerprint density at radius 1 is 1.22 bits per heavy atom. The van der Waals surface area contributed by atoms with E-state index >= 15 is 0 Å². The van der Waals surface area contributed by atoms with Crippen molar-refractivity contribution in [2.45, 2.75) is 39.2 Å². The Balaban J connectivity index is 1.78. The molecule has 3 rings (SSSR count). The number of hydrogen-bond donors (Lipinski definition) is 0. The molecule has 0 aliphatic heterocycles. The van der Waals surface area contributed by atoms with Crippen LogP contribution in [0, 0.1) is 5.92 Å². The van der Waals surface area contributed by atoms with Crippen LogP contribution in [0.5, 0.6) is 0 Å². The van der Waals surface area contributed by atoms with Crippen molar-refractivity contribution in [1.82, 2.24) is 15.0 Å². The second-order valence-electron chi connectivity index (χ2n) is 5.55. The SMILES string of the molecule is CC(C)c1ccc(-c2cn(CC3CC3)nn2)cc1. The molecule has 1 aliphatic carbocycles. The summed E-state index contributed by atoms with van der Waals surface area (Å²) >= 11 is 0. The van der Waals surface area contributed by atoms with Crippen LogP contribution < -0.4 is 0 Å². The van der Waals surface area contributed by atoms with Gasteiger partial charge in [-0.2, -0.15) is 0 Å². The first kappa shape index (κ1) is 11.5. The first-order valence-electron chi connectivity index (χ1n) is 6.73. The zero-order valence-corrected chi connectivity index (χ0v) is 11.0. The van der Waals surface area contributed by atoms with Crippen molar-refractivity contribution >= 4 is 0 Å². The lowest BCUT2D eigenvalue weighted by Crippen LogP contribution is -1.99. The molecule has 1 aromatic carbocycles. The monoisotopic (exact) mass is 241 g/mol. The van der Waals surface area contributed by atoms with Crippen molar-refractivity contribution in [3.05, 3.63) is 36.0 Å². The first-order chi connectivity index (χ1) is 8.72. The third kappa shape index (κ3) is 2.45. The van der Waals surface area contributed by atoms with E-state index in [0.29, 0.717) is 5.92 Å². The molecule has 0 spiro atoms. The Kier molecular flexibility index (Phi) is 2.90. The summed E-state index contributed by atoms with van der Waals surface area (Å²) in [6.07, 6.45) is 4.75. The molecule has 0 radical (unpaired) electrons. The summed E-state index contributed by atoms with van der Waals surface area (Å²) in [5.41, 5.74) is 3.50.